The number of benzene rings is 3. The average Bonchev–Trinajstić information content (AvgIpc) is 1.72. The van der Waals surface area contributed by atoms with Crippen LogP contribution in [0.3, 0.4) is 0 Å². The minimum Gasteiger partial charge on any atom is -0.494 e. The van der Waals surface area contributed by atoms with Crippen molar-refractivity contribution in [1.29, 1.82) is 0 Å². The van der Waals surface area contributed by atoms with E-state index >= 15 is 0 Å². The SMILES string of the molecule is COc1ccc(-c2cc(=O)n3cc(N4CCCN(C)CC4)ccc3n2)cc1F.COc1ccc(-c2cc(=O)n3cc(N4CCNCC4)ccc3n2)cc1[N+](=O)[O-].CSc1ccc(-c2cc(=O)n3cc(N4CCNCC4)ccc3n2)cc1F.Cc1cn2cc(-c3cc(=O)n4cc(N5CCCN(C)CC5)ccc4n3)ccc2n1.Cc1cn2nc(-c3cc(=O)n4cc(N5CCN(C)CC5)ccc4n3)cc2c(C)n1. The molecule has 0 radical (unpaired) electrons. The molecule has 720 valence electrons. The number of nitrogens with one attached hydrogen (secondary N) is 2. The number of imidazole rings is 1. The Morgan fingerprint density at radius 3 is 1.14 bits per heavy atom. The van der Waals surface area contributed by atoms with Crippen LogP contribution >= 0.6 is 11.8 Å². The van der Waals surface area contributed by atoms with Gasteiger partial charge in [-0.3, -0.25) is 61.1 Å². The molecule has 0 saturated carbocycles. The molecule has 3 aromatic carbocycles. The van der Waals surface area contributed by atoms with E-state index in [1.54, 1.807) is 70.8 Å². The predicted molar refractivity (Wildman–Crippen MR) is 544 cm³/mol. The van der Waals surface area contributed by atoms with Crippen LogP contribution in [-0.4, -0.2) is 263 Å². The number of ether oxygens (including phenoxy) is 2. The van der Waals surface area contributed by atoms with Crippen LogP contribution in [0.2, 0.25) is 0 Å². The average molecular weight is 1910 g/mol. The van der Waals surface area contributed by atoms with Crippen LogP contribution in [0.5, 0.6) is 11.5 Å². The Morgan fingerprint density at radius 2 is 0.721 bits per heavy atom. The molecule has 14 aromatic heterocycles. The summed E-state index contributed by atoms with van der Waals surface area (Å²) in [6, 6.07) is 46.7. The third-order valence-corrected chi connectivity index (χ3v) is 26.4. The van der Waals surface area contributed by atoms with Crippen molar-refractivity contribution in [3.8, 4) is 67.9 Å². The van der Waals surface area contributed by atoms with Crippen molar-refractivity contribution in [2.75, 3.05) is 197 Å². The van der Waals surface area contributed by atoms with Crippen molar-refractivity contribution in [2.24, 2.45) is 0 Å². The molecule has 2 N–H and O–H groups in total. The van der Waals surface area contributed by atoms with Gasteiger partial charge in [0.2, 0.25) is 0 Å². The minimum absolute atomic E-state index is 0.0688. The molecular weight excluding hydrogens is 1800 g/mol. The first-order chi connectivity index (χ1) is 67.8. The summed E-state index contributed by atoms with van der Waals surface area (Å²) in [6.07, 6.45) is 19.1. The Bertz CT molecular complexity index is 7840. The van der Waals surface area contributed by atoms with E-state index in [9.17, 15) is 42.9 Å². The van der Waals surface area contributed by atoms with Gasteiger partial charge in [-0.2, -0.15) is 5.10 Å². The van der Waals surface area contributed by atoms with Gasteiger partial charge >= 0.3 is 5.69 Å². The van der Waals surface area contributed by atoms with E-state index in [2.05, 4.69) is 107 Å². The van der Waals surface area contributed by atoms with Crippen molar-refractivity contribution in [1.82, 2.24) is 96.2 Å². The summed E-state index contributed by atoms with van der Waals surface area (Å²) in [5.41, 5.74) is 17.3. The lowest BCUT2D eigenvalue weighted by molar-refractivity contribution is -0.385. The lowest BCUT2D eigenvalue weighted by atomic mass is 10.1. The number of halogens is 2. The highest BCUT2D eigenvalue weighted by Gasteiger charge is 2.25. The van der Waals surface area contributed by atoms with Gasteiger partial charge in [0.05, 0.1) is 105 Å². The Kier molecular flexibility index (Phi) is 28.5. The molecular formula is C102H108F2N26O9S. The van der Waals surface area contributed by atoms with Crippen molar-refractivity contribution >= 4 is 85.3 Å². The molecule has 19 heterocycles. The summed E-state index contributed by atoms with van der Waals surface area (Å²) in [5, 5.41) is 22.5. The van der Waals surface area contributed by atoms with Gasteiger partial charge < -0.3 is 63.7 Å². The minimum atomic E-state index is -0.518. The van der Waals surface area contributed by atoms with Crippen LogP contribution < -0.4 is 72.4 Å². The summed E-state index contributed by atoms with van der Waals surface area (Å²) in [4.78, 5) is 125. The van der Waals surface area contributed by atoms with Crippen LogP contribution in [0.1, 0.15) is 29.9 Å². The molecule has 0 atom stereocenters. The highest BCUT2D eigenvalue weighted by Crippen LogP contribution is 2.34. The van der Waals surface area contributed by atoms with Gasteiger partial charge in [0.1, 0.15) is 45.4 Å². The highest BCUT2D eigenvalue weighted by molar-refractivity contribution is 7.98. The fourth-order valence-electron chi connectivity index (χ4n) is 18.0. The Labute approximate surface area is 807 Å². The number of likely N-dealkylation sites (N-methyl/N-ethyl adjacent to an activating group) is 3. The van der Waals surface area contributed by atoms with E-state index in [4.69, 9.17) is 19.4 Å². The van der Waals surface area contributed by atoms with Gasteiger partial charge in [-0.25, -0.2) is 43.2 Å². The largest absolute Gasteiger partial charge is 0.494 e. The zero-order valence-corrected chi connectivity index (χ0v) is 80.2. The van der Waals surface area contributed by atoms with Gasteiger partial charge in [0, 0.05) is 225 Å². The van der Waals surface area contributed by atoms with Gasteiger partial charge in [-0.1, -0.05) is 6.07 Å². The molecule has 35 nitrogen and oxygen atoms in total. The fourth-order valence-corrected chi connectivity index (χ4v) is 18.4. The lowest BCUT2D eigenvalue weighted by Crippen LogP contribution is -2.44. The third kappa shape index (κ3) is 21.4. The summed E-state index contributed by atoms with van der Waals surface area (Å²) in [7, 11) is 9.20. The molecule has 0 amide bonds. The number of hydrogen-bond donors (Lipinski definition) is 2. The number of aryl methyl sites for hydroxylation is 3. The zero-order chi connectivity index (χ0) is 97.5. The van der Waals surface area contributed by atoms with Crippen LogP contribution in [0.15, 0.2) is 242 Å². The molecule has 5 aliphatic rings. The number of fused-ring (bicyclic) bond motifs is 7. The summed E-state index contributed by atoms with van der Waals surface area (Å²) in [6.45, 7) is 25.1. The monoisotopic (exact) mass is 1910 g/mol. The maximum atomic E-state index is 14.1. The number of nitro groups is 1. The van der Waals surface area contributed by atoms with Crippen LogP contribution in [-0.2, 0) is 0 Å². The predicted octanol–water partition coefficient (Wildman–Crippen LogP) is 11.2. The van der Waals surface area contributed by atoms with E-state index in [0.29, 0.717) is 84.0 Å². The molecule has 0 spiro atoms. The van der Waals surface area contributed by atoms with E-state index in [1.807, 2.05) is 142 Å². The smallest absolute Gasteiger partial charge is 0.311 e. The van der Waals surface area contributed by atoms with Crippen molar-refractivity contribution in [3.05, 3.63) is 304 Å². The number of rotatable bonds is 14. The molecule has 140 heavy (non-hydrogen) atoms. The second-order valence-electron chi connectivity index (χ2n) is 35.3. The van der Waals surface area contributed by atoms with Gasteiger partial charge in [-0.15, -0.1) is 11.8 Å². The van der Waals surface area contributed by atoms with E-state index in [1.165, 1.54) is 78.9 Å². The molecule has 5 fully saturated rings. The number of nitrogens with zero attached hydrogens (tertiary/aromatic N) is 24. The number of pyridine rings is 6. The Hall–Kier alpha value is -15.2. The van der Waals surface area contributed by atoms with Crippen LogP contribution in [0, 0.1) is 42.5 Å². The maximum Gasteiger partial charge on any atom is 0.311 e. The molecule has 5 saturated heterocycles. The number of hydrogen-bond acceptors (Lipinski definition) is 28. The summed E-state index contributed by atoms with van der Waals surface area (Å²) < 4.78 is 49.7. The zero-order valence-electron chi connectivity index (χ0n) is 79.3. The van der Waals surface area contributed by atoms with E-state index < -0.39 is 10.7 Å². The number of piperazine rings is 3. The fraction of sp³-hybridized carbons (Fsp3) is 0.304. The quantitative estimate of drug-likeness (QED) is 0.0580. The topological polar surface area (TPSA) is 331 Å². The van der Waals surface area contributed by atoms with Gasteiger partial charge in [0.25, 0.3) is 27.8 Å². The Balaban J connectivity index is 0.000000116. The number of methoxy groups -OCH3 is 2. The third-order valence-electron chi connectivity index (χ3n) is 25.7. The van der Waals surface area contributed by atoms with E-state index in [0.717, 1.165) is 206 Å². The second kappa shape index (κ2) is 42.0. The van der Waals surface area contributed by atoms with Crippen LogP contribution in [0.4, 0.5) is 42.9 Å². The lowest BCUT2D eigenvalue weighted by Gasteiger charge is -2.34. The summed E-state index contributed by atoms with van der Waals surface area (Å²) in [5.74, 6) is -0.463. The Morgan fingerprint density at radius 1 is 0.357 bits per heavy atom. The molecule has 38 heteroatoms. The standard InChI is InChI=1S/C22H24N6O.C21H23FN4O2.C21H23N7O.C19H19FN4OS.C19H19N5O4/c1-16-13-27-14-17(4-6-20(27)23-16)19-12-22(29)28-15-18(5-7-21(28)24-19)26-9-3-8-25(2)10-11-26;1-24-8-3-9-25(11-10-24)16-5-7-20-23-18(13-21(27)26(20)14-16)15-4-6-19(28-2)17(22)12-15;1-14-12-28-19(15(2)22-14)10-18(24-28)17-11-21(29)27-13-16(4-5-20(27)23-17)26-8-6-25(3)7-9-26;1-26-17-4-2-13(10-15(17)20)16-11-19(25)24-12-14(3-5-18(24)22-16)23-8-6-21-7-9-23;1-28-17-4-2-13(10-16(17)24(26)27)15-11-19(25)23-12-14(3-5-18(23)21-15)22-8-6-20-7-9-22/h4-7,12-15H,3,8-11H2,1-2H3;4-7,12-14H,3,8-11H2,1-2H3;4-5,10-13H,6-9H2,1-3H3;2-5,10-12,21H,6-9H2,1H3;2-5,10-12,20H,6-9H2,1H3. The molecule has 0 bridgehead atoms. The highest BCUT2D eigenvalue weighted by atomic mass is 32.2. The molecule has 0 unspecified atom stereocenters. The van der Waals surface area contributed by atoms with Gasteiger partial charge in [-0.05, 0) is 195 Å². The van der Waals surface area contributed by atoms with Crippen molar-refractivity contribution in [2.45, 2.75) is 38.5 Å². The summed E-state index contributed by atoms with van der Waals surface area (Å²) >= 11 is 1.35. The molecule has 17 aromatic rings. The molecule has 0 aliphatic carbocycles. The van der Waals surface area contributed by atoms with E-state index in [-0.39, 0.29) is 50.8 Å². The molecule has 5 aliphatic heterocycles. The second-order valence-corrected chi connectivity index (χ2v) is 36.1. The maximum absolute atomic E-state index is 14.1. The molecule has 22 rings (SSSR count). The van der Waals surface area contributed by atoms with Crippen LogP contribution in [0.25, 0.3) is 95.8 Å². The number of nitro benzene ring substituents is 1. The number of thioether (sulfide) groups is 1. The first-order valence-electron chi connectivity index (χ1n) is 46.5. The van der Waals surface area contributed by atoms with Gasteiger partial charge in [0.15, 0.2) is 17.3 Å². The number of anilines is 5. The normalized spacial score (nSPS) is 15.2. The van der Waals surface area contributed by atoms with Crippen molar-refractivity contribution < 1.29 is 23.2 Å². The first kappa shape index (κ1) is 95.1. The first-order valence-corrected chi connectivity index (χ1v) is 47.7. The number of aromatic nitrogens is 15. The van der Waals surface area contributed by atoms with Crippen molar-refractivity contribution in [3.63, 3.8) is 0 Å².